The largest absolute Gasteiger partial charge is 0.469 e. The lowest BCUT2D eigenvalue weighted by Crippen LogP contribution is -2.52. The van der Waals surface area contributed by atoms with Gasteiger partial charge in [0.1, 0.15) is 0 Å². The van der Waals surface area contributed by atoms with Crippen LogP contribution in [0.15, 0.2) is 0 Å². The van der Waals surface area contributed by atoms with Gasteiger partial charge in [-0.15, -0.1) is 0 Å². The molecule has 70 valence electrons. The maximum Gasteiger partial charge on any atom is 0.313 e. The lowest BCUT2D eigenvalue weighted by molar-refractivity contribution is -0.190. The highest BCUT2D eigenvalue weighted by Gasteiger charge is 2.60. The van der Waals surface area contributed by atoms with Crippen LogP contribution in [0.25, 0.3) is 0 Å². The van der Waals surface area contributed by atoms with Crippen LogP contribution in [-0.4, -0.2) is 24.3 Å². The van der Waals surface area contributed by atoms with Gasteiger partial charge in [0, 0.05) is 18.2 Å². The summed E-state index contributed by atoms with van der Waals surface area (Å²) >= 11 is 3.04. The third kappa shape index (κ3) is 1.46. The predicted molar refractivity (Wildman–Crippen MR) is 42.4 cm³/mol. The van der Waals surface area contributed by atoms with Crippen molar-refractivity contribution in [3.05, 3.63) is 0 Å². The summed E-state index contributed by atoms with van der Waals surface area (Å²) < 4.78 is 29.4. The summed E-state index contributed by atoms with van der Waals surface area (Å²) in [5, 5.41) is 0.238. The van der Waals surface area contributed by atoms with E-state index in [2.05, 4.69) is 20.7 Å². The van der Waals surface area contributed by atoms with Crippen LogP contribution >= 0.6 is 15.9 Å². The fourth-order valence-corrected chi connectivity index (χ4v) is 2.07. The Morgan fingerprint density at radius 1 is 1.58 bits per heavy atom. The molecule has 0 bridgehead atoms. The zero-order chi connectivity index (χ0) is 9.41. The van der Waals surface area contributed by atoms with E-state index in [1.165, 1.54) is 7.11 Å². The maximum atomic E-state index is 12.5. The van der Waals surface area contributed by atoms with Gasteiger partial charge in [0.2, 0.25) is 5.92 Å². The molecule has 0 aromatic heterocycles. The van der Waals surface area contributed by atoms with Crippen molar-refractivity contribution in [1.82, 2.24) is 0 Å². The second-order valence-corrected chi connectivity index (χ2v) is 3.68. The zero-order valence-corrected chi connectivity index (χ0v) is 8.16. The van der Waals surface area contributed by atoms with Crippen molar-refractivity contribution < 1.29 is 18.3 Å². The number of alkyl halides is 3. The highest BCUT2D eigenvalue weighted by molar-refractivity contribution is 9.09. The van der Waals surface area contributed by atoms with E-state index in [0.717, 1.165) is 0 Å². The molecule has 2 nitrogen and oxygen atoms in total. The number of halogens is 3. The first kappa shape index (κ1) is 9.89. The fraction of sp³-hybridized carbons (Fsp3) is 0.857. The molecule has 0 heterocycles. The van der Waals surface area contributed by atoms with E-state index in [1.54, 1.807) is 0 Å². The zero-order valence-electron chi connectivity index (χ0n) is 6.57. The van der Waals surface area contributed by atoms with Crippen molar-refractivity contribution in [2.45, 2.75) is 18.8 Å². The Morgan fingerprint density at radius 3 is 2.33 bits per heavy atom. The van der Waals surface area contributed by atoms with Gasteiger partial charge in [0.15, 0.2) is 0 Å². The molecule has 0 spiro atoms. The van der Waals surface area contributed by atoms with Crippen LogP contribution in [-0.2, 0) is 9.53 Å². The van der Waals surface area contributed by atoms with E-state index in [4.69, 9.17) is 0 Å². The summed E-state index contributed by atoms with van der Waals surface area (Å²) in [7, 11) is 1.21. The quantitative estimate of drug-likeness (QED) is 0.547. The number of hydrogen-bond acceptors (Lipinski definition) is 2. The van der Waals surface area contributed by atoms with Crippen LogP contribution in [0.4, 0.5) is 8.78 Å². The number of ether oxygens (including phenoxy) is 1. The van der Waals surface area contributed by atoms with Gasteiger partial charge in [-0.3, -0.25) is 4.79 Å². The summed E-state index contributed by atoms with van der Waals surface area (Å²) in [6.07, 6.45) is -0.810. The van der Waals surface area contributed by atoms with Gasteiger partial charge < -0.3 is 4.74 Å². The lowest BCUT2D eigenvalue weighted by Gasteiger charge is -2.43. The molecular formula is C7H9BrF2O2. The molecule has 1 fully saturated rings. The summed E-state index contributed by atoms with van der Waals surface area (Å²) in [6.45, 7) is 0. The number of hydrogen-bond donors (Lipinski definition) is 0. The number of carbonyl (C=O) groups excluding carboxylic acids is 1. The summed E-state index contributed by atoms with van der Waals surface area (Å²) in [4.78, 5) is 11.0. The van der Waals surface area contributed by atoms with Gasteiger partial charge in [-0.25, -0.2) is 8.78 Å². The molecule has 0 saturated heterocycles. The van der Waals surface area contributed by atoms with Crippen molar-refractivity contribution in [3.8, 4) is 0 Å². The minimum absolute atomic E-state index is 0.238. The first-order valence-electron chi connectivity index (χ1n) is 3.48. The van der Waals surface area contributed by atoms with Crippen LogP contribution in [0.2, 0.25) is 0 Å². The molecule has 5 heteroatoms. The van der Waals surface area contributed by atoms with Crippen molar-refractivity contribution in [2.75, 3.05) is 12.4 Å². The Balaban J connectivity index is 2.65. The van der Waals surface area contributed by atoms with Crippen LogP contribution in [0.5, 0.6) is 0 Å². The van der Waals surface area contributed by atoms with Crippen molar-refractivity contribution in [1.29, 1.82) is 0 Å². The van der Waals surface area contributed by atoms with Gasteiger partial charge in [0.25, 0.3) is 0 Å². The van der Waals surface area contributed by atoms with Gasteiger partial charge >= 0.3 is 5.97 Å². The summed E-state index contributed by atoms with van der Waals surface area (Å²) in [5.74, 6) is -3.24. The minimum Gasteiger partial charge on any atom is -0.469 e. The number of methoxy groups -OCH3 is 1. The molecule has 0 unspecified atom stereocenters. The third-order valence-electron chi connectivity index (χ3n) is 2.07. The Kier molecular flexibility index (Phi) is 2.42. The van der Waals surface area contributed by atoms with Gasteiger partial charge in [-0.1, -0.05) is 15.9 Å². The number of carbonyl (C=O) groups is 1. The molecule has 1 rings (SSSR count). The van der Waals surface area contributed by atoms with Crippen LogP contribution < -0.4 is 0 Å². The first-order chi connectivity index (χ1) is 5.46. The molecule has 0 aromatic carbocycles. The monoisotopic (exact) mass is 242 g/mol. The Bertz CT molecular complexity index is 198. The average molecular weight is 243 g/mol. The topological polar surface area (TPSA) is 26.3 Å². The standard InChI is InChI=1S/C7H9BrF2O2/c1-12-5(11)6(4-8)2-7(9,10)3-6/h2-4H2,1H3. The molecule has 1 saturated carbocycles. The summed E-state index contributed by atoms with van der Waals surface area (Å²) in [6, 6.07) is 0. The molecule has 0 aliphatic heterocycles. The maximum absolute atomic E-state index is 12.5. The number of rotatable bonds is 2. The fourth-order valence-electron chi connectivity index (χ4n) is 1.45. The molecular weight excluding hydrogens is 234 g/mol. The highest BCUT2D eigenvalue weighted by Crippen LogP contribution is 2.53. The molecule has 1 aliphatic rings. The van der Waals surface area contributed by atoms with E-state index in [1.807, 2.05) is 0 Å². The second kappa shape index (κ2) is 2.94. The Hall–Kier alpha value is -0.190. The Labute approximate surface area is 77.4 Å². The second-order valence-electron chi connectivity index (χ2n) is 3.12. The molecule has 0 N–H and O–H groups in total. The first-order valence-corrected chi connectivity index (χ1v) is 4.60. The molecule has 0 radical (unpaired) electrons. The molecule has 12 heavy (non-hydrogen) atoms. The molecule has 1 aliphatic carbocycles. The highest BCUT2D eigenvalue weighted by atomic mass is 79.9. The van der Waals surface area contributed by atoms with E-state index in [9.17, 15) is 13.6 Å². The number of esters is 1. The smallest absolute Gasteiger partial charge is 0.313 e. The van der Waals surface area contributed by atoms with Crippen LogP contribution in [0.1, 0.15) is 12.8 Å². The van der Waals surface area contributed by atoms with Crippen molar-refractivity contribution in [3.63, 3.8) is 0 Å². The normalized spacial score (nSPS) is 24.3. The summed E-state index contributed by atoms with van der Waals surface area (Å²) in [5.41, 5.74) is -0.988. The lowest BCUT2D eigenvalue weighted by atomic mass is 9.67. The van der Waals surface area contributed by atoms with E-state index in [-0.39, 0.29) is 5.33 Å². The predicted octanol–water partition coefficient (Wildman–Crippen LogP) is 1.97. The average Bonchev–Trinajstić information content (AvgIpc) is 1.97. The molecule has 0 amide bonds. The van der Waals surface area contributed by atoms with Gasteiger partial charge in [-0.2, -0.15) is 0 Å². The minimum atomic E-state index is -2.69. The third-order valence-corrected chi connectivity index (χ3v) is 3.14. The van der Waals surface area contributed by atoms with Gasteiger partial charge in [0.05, 0.1) is 12.5 Å². The van der Waals surface area contributed by atoms with Crippen LogP contribution in [0, 0.1) is 5.41 Å². The SMILES string of the molecule is COC(=O)C1(CBr)CC(F)(F)C1. The van der Waals surface area contributed by atoms with E-state index < -0.39 is 30.1 Å². The Morgan fingerprint density at radius 2 is 2.08 bits per heavy atom. The molecule has 0 aromatic rings. The van der Waals surface area contributed by atoms with Crippen LogP contribution in [0.3, 0.4) is 0 Å². The van der Waals surface area contributed by atoms with E-state index >= 15 is 0 Å². The van der Waals surface area contributed by atoms with E-state index in [0.29, 0.717) is 0 Å². The van der Waals surface area contributed by atoms with Gasteiger partial charge in [-0.05, 0) is 0 Å². The van der Waals surface area contributed by atoms with Crippen molar-refractivity contribution >= 4 is 21.9 Å². The van der Waals surface area contributed by atoms with Crippen molar-refractivity contribution in [2.24, 2.45) is 5.41 Å². The molecule has 0 atom stereocenters.